The number of hydrazone groups is 1. The number of aliphatic carboxylic acids is 1. The lowest BCUT2D eigenvalue weighted by atomic mass is 10.5. The molecule has 0 unspecified atom stereocenters. The van der Waals surface area contributed by atoms with Gasteiger partial charge in [-0.1, -0.05) is 0 Å². The lowest BCUT2D eigenvalue weighted by molar-refractivity contribution is -0.129. The number of hydrogen-bond acceptors (Lipinski definition) is 4. The van der Waals surface area contributed by atoms with Crippen LogP contribution in [0.4, 0.5) is 0 Å². The summed E-state index contributed by atoms with van der Waals surface area (Å²) in [6, 6.07) is 0. The van der Waals surface area contributed by atoms with E-state index in [0.717, 1.165) is 6.21 Å². The largest absolute Gasteiger partial charge is 0.477 e. The molecule has 5 nitrogen and oxygen atoms in total. The molecule has 11 heavy (non-hydrogen) atoms. The Balaban J connectivity index is 2.29. The number of carboxylic acids is 1. The molecule has 62 valence electrons. The molecule has 1 heterocycles. The van der Waals surface area contributed by atoms with E-state index in [-0.39, 0.29) is 0 Å². The molecular weight excluding hydrogens is 148 g/mol. The normalized spacial score (nSPS) is 19.1. The number of morpholine rings is 1. The number of ether oxygens (including phenoxy) is 1. The van der Waals surface area contributed by atoms with Crippen molar-refractivity contribution in [2.45, 2.75) is 0 Å². The van der Waals surface area contributed by atoms with Gasteiger partial charge in [0.2, 0.25) is 0 Å². The van der Waals surface area contributed by atoms with Crippen LogP contribution in [0.1, 0.15) is 0 Å². The van der Waals surface area contributed by atoms with Gasteiger partial charge in [-0.2, -0.15) is 5.10 Å². The number of carboxylic acid groups (broad SMARTS) is 1. The van der Waals surface area contributed by atoms with Gasteiger partial charge in [0.15, 0.2) is 0 Å². The molecule has 0 bridgehead atoms. The van der Waals surface area contributed by atoms with Gasteiger partial charge in [0.1, 0.15) is 6.21 Å². The Labute approximate surface area is 64.3 Å². The molecule has 0 radical (unpaired) electrons. The van der Waals surface area contributed by atoms with E-state index in [9.17, 15) is 4.79 Å². The van der Waals surface area contributed by atoms with Crippen LogP contribution >= 0.6 is 0 Å². The fourth-order valence-electron chi connectivity index (χ4n) is 0.800. The molecule has 0 aromatic heterocycles. The second kappa shape index (κ2) is 3.92. The van der Waals surface area contributed by atoms with Crippen molar-refractivity contribution in [3.05, 3.63) is 0 Å². The molecule has 0 aliphatic carbocycles. The quantitative estimate of drug-likeness (QED) is 0.544. The number of rotatable bonds is 2. The maximum absolute atomic E-state index is 10.0. The van der Waals surface area contributed by atoms with Gasteiger partial charge >= 0.3 is 5.97 Å². The first-order valence-electron chi connectivity index (χ1n) is 3.38. The second-order valence-electron chi connectivity index (χ2n) is 2.15. The predicted octanol–water partition coefficient (Wildman–Crippen LogP) is -0.611. The van der Waals surface area contributed by atoms with Gasteiger partial charge in [-0.05, 0) is 0 Å². The zero-order valence-electron chi connectivity index (χ0n) is 6.06. The maximum atomic E-state index is 10.0. The van der Waals surface area contributed by atoms with Crippen LogP contribution in [0, 0.1) is 0 Å². The first kappa shape index (κ1) is 8.00. The summed E-state index contributed by atoms with van der Waals surface area (Å²) in [4.78, 5) is 10.0. The Morgan fingerprint density at radius 1 is 1.55 bits per heavy atom. The van der Waals surface area contributed by atoms with Crippen molar-refractivity contribution in [2.24, 2.45) is 5.10 Å². The van der Waals surface area contributed by atoms with Gasteiger partial charge in [-0.3, -0.25) is 5.01 Å². The van der Waals surface area contributed by atoms with Gasteiger partial charge in [-0.15, -0.1) is 0 Å². The van der Waals surface area contributed by atoms with Gasteiger partial charge in [-0.25, -0.2) is 4.79 Å². The van der Waals surface area contributed by atoms with E-state index in [1.165, 1.54) is 0 Å². The highest BCUT2D eigenvalue weighted by atomic mass is 16.5. The third-order valence-corrected chi connectivity index (χ3v) is 1.32. The van der Waals surface area contributed by atoms with Crippen LogP contribution in [0.25, 0.3) is 0 Å². The monoisotopic (exact) mass is 158 g/mol. The minimum Gasteiger partial charge on any atom is -0.477 e. The summed E-state index contributed by atoms with van der Waals surface area (Å²) in [6.45, 7) is 2.58. The average Bonchev–Trinajstić information content (AvgIpc) is 2.03. The number of hydrogen-bond donors (Lipinski definition) is 1. The summed E-state index contributed by atoms with van der Waals surface area (Å²) in [5.74, 6) is -1.02. The molecule has 1 rings (SSSR count). The maximum Gasteiger partial charge on any atom is 0.348 e. The van der Waals surface area contributed by atoms with E-state index < -0.39 is 5.97 Å². The predicted molar refractivity (Wildman–Crippen MR) is 38.5 cm³/mol. The van der Waals surface area contributed by atoms with Crippen LogP contribution in [0.5, 0.6) is 0 Å². The van der Waals surface area contributed by atoms with E-state index in [4.69, 9.17) is 9.84 Å². The topological polar surface area (TPSA) is 62.1 Å². The molecule has 0 saturated carbocycles. The minimum atomic E-state index is -1.02. The zero-order valence-corrected chi connectivity index (χ0v) is 6.06. The standard InChI is InChI=1S/C6H10N2O3/c9-6(10)5-7-8-1-3-11-4-2-8/h5H,1-4H2,(H,9,10). The van der Waals surface area contributed by atoms with E-state index in [2.05, 4.69) is 5.10 Å². The van der Waals surface area contributed by atoms with Crippen molar-refractivity contribution in [2.75, 3.05) is 26.3 Å². The molecule has 0 spiro atoms. The third-order valence-electron chi connectivity index (χ3n) is 1.32. The molecule has 0 aromatic rings. The molecule has 1 fully saturated rings. The Bertz CT molecular complexity index is 163. The summed E-state index contributed by atoms with van der Waals surface area (Å²) < 4.78 is 5.04. The summed E-state index contributed by atoms with van der Waals surface area (Å²) in [5.41, 5.74) is 0. The number of carbonyl (C=O) groups is 1. The van der Waals surface area contributed by atoms with Crippen molar-refractivity contribution in [1.82, 2.24) is 5.01 Å². The second-order valence-corrected chi connectivity index (χ2v) is 2.15. The average molecular weight is 158 g/mol. The van der Waals surface area contributed by atoms with Crippen LogP contribution in [0.3, 0.4) is 0 Å². The van der Waals surface area contributed by atoms with Gasteiger partial charge in [0.25, 0.3) is 0 Å². The first-order chi connectivity index (χ1) is 5.29. The van der Waals surface area contributed by atoms with Crippen molar-refractivity contribution >= 4 is 12.2 Å². The SMILES string of the molecule is O=C(O)C=NN1CCOCC1. The summed E-state index contributed by atoms with van der Waals surface area (Å²) >= 11 is 0. The lowest BCUT2D eigenvalue weighted by Crippen LogP contribution is -2.32. The van der Waals surface area contributed by atoms with E-state index in [0.29, 0.717) is 26.3 Å². The fourth-order valence-corrected chi connectivity index (χ4v) is 0.800. The smallest absolute Gasteiger partial charge is 0.348 e. The Morgan fingerprint density at radius 2 is 2.18 bits per heavy atom. The zero-order chi connectivity index (χ0) is 8.10. The fraction of sp³-hybridized carbons (Fsp3) is 0.667. The lowest BCUT2D eigenvalue weighted by Gasteiger charge is -2.23. The highest BCUT2D eigenvalue weighted by Crippen LogP contribution is 1.95. The van der Waals surface area contributed by atoms with Crippen molar-refractivity contribution in [3.8, 4) is 0 Å². The summed E-state index contributed by atoms with van der Waals surface area (Å²) in [7, 11) is 0. The molecule has 1 saturated heterocycles. The summed E-state index contributed by atoms with van der Waals surface area (Å²) in [5, 5.41) is 13.6. The van der Waals surface area contributed by atoms with Crippen LogP contribution in [0.2, 0.25) is 0 Å². The Morgan fingerprint density at radius 3 is 2.73 bits per heavy atom. The van der Waals surface area contributed by atoms with Gasteiger partial charge in [0.05, 0.1) is 26.3 Å². The summed E-state index contributed by atoms with van der Waals surface area (Å²) in [6.07, 6.45) is 0.894. The Kier molecular flexibility index (Phi) is 2.85. The van der Waals surface area contributed by atoms with Crippen LogP contribution in [-0.4, -0.2) is 48.6 Å². The molecule has 1 aliphatic rings. The van der Waals surface area contributed by atoms with Crippen molar-refractivity contribution in [1.29, 1.82) is 0 Å². The molecule has 0 amide bonds. The minimum absolute atomic E-state index is 0.622. The first-order valence-corrected chi connectivity index (χ1v) is 3.38. The van der Waals surface area contributed by atoms with Crippen LogP contribution < -0.4 is 0 Å². The highest BCUT2D eigenvalue weighted by molar-refractivity contribution is 6.21. The molecule has 1 N–H and O–H groups in total. The Hall–Kier alpha value is -1.10. The number of nitrogens with zero attached hydrogens (tertiary/aromatic N) is 2. The van der Waals surface area contributed by atoms with Crippen LogP contribution in [0.15, 0.2) is 5.10 Å². The van der Waals surface area contributed by atoms with Crippen molar-refractivity contribution < 1.29 is 14.6 Å². The van der Waals surface area contributed by atoms with E-state index >= 15 is 0 Å². The molecule has 1 aliphatic heterocycles. The van der Waals surface area contributed by atoms with Crippen molar-refractivity contribution in [3.63, 3.8) is 0 Å². The molecule has 0 aromatic carbocycles. The van der Waals surface area contributed by atoms with Crippen LogP contribution in [-0.2, 0) is 9.53 Å². The highest BCUT2D eigenvalue weighted by Gasteiger charge is 2.06. The molecule has 0 atom stereocenters. The third kappa shape index (κ3) is 2.99. The van der Waals surface area contributed by atoms with Gasteiger partial charge in [0, 0.05) is 0 Å². The van der Waals surface area contributed by atoms with E-state index in [1.54, 1.807) is 5.01 Å². The van der Waals surface area contributed by atoms with Gasteiger partial charge < -0.3 is 9.84 Å². The molecular formula is C6H10N2O3. The van der Waals surface area contributed by atoms with E-state index in [1.807, 2.05) is 0 Å². The molecule has 5 heteroatoms.